The molecule has 332 valence electrons. The predicted octanol–water partition coefficient (Wildman–Crippen LogP) is 6.90. The largest absolute Gasteiger partial charge is 0.350 e. The van der Waals surface area contributed by atoms with Gasteiger partial charge in [-0.05, 0) is 91.7 Å². The zero-order valence-electron chi connectivity index (χ0n) is 36.3. The van der Waals surface area contributed by atoms with Gasteiger partial charge in [0, 0.05) is 105 Å². The number of rotatable bonds is 5. The van der Waals surface area contributed by atoms with Gasteiger partial charge in [0.25, 0.3) is 18.2 Å². The Kier molecular flexibility index (Phi) is 10.7. The molecule has 1 saturated heterocycles. The van der Waals surface area contributed by atoms with Gasteiger partial charge in [0.2, 0.25) is 17.7 Å². The van der Waals surface area contributed by atoms with Gasteiger partial charge in [0.15, 0.2) is 5.82 Å². The van der Waals surface area contributed by atoms with Gasteiger partial charge in [-0.15, -0.1) is 0 Å². The fourth-order valence-electron chi connectivity index (χ4n) is 10.8. The number of aromatic nitrogens is 4. The molecule has 64 heavy (non-hydrogen) atoms. The van der Waals surface area contributed by atoms with E-state index in [0.717, 1.165) is 100 Å². The van der Waals surface area contributed by atoms with Gasteiger partial charge in [0.05, 0.1) is 29.2 Å². The first kappa shape index (κ1) is 41.7. The maximum absolute atomic E-state index is 14.8. The fourth-order valence-corrected chi connectivity index (χ4v) is 10.8. The van der Waals surface area contributed by atoms with E-state index in [0.29, 0.717) is 42.4 Å². The van der Waals surface area contributed by atoms with Crippen molar-refractivity contribution in [2.45, 2.75) is 109 Å². The Morgan fingerprint density at radius 2 is 1.53 bits per heavy atom. The van der Waals surface area contributed by atoms with Crippen LogP contribution in [0.2, 0.25) is 0 Å². The Balaban J connectivity index is 0.000000178. The number of halogens is 2. The molecule has 1 unspecified atom stereocenters. The maximum atomic E-state index is 14.8. The molecule has 8 heterocycles. The van der Waals surface area contributed by atoms with Gasteiger partial charge >= 0.3 is 0 Å². The van der Waals surface area contributed by atoms with Gasteiger partial charge in [-0.25, -0.2) is 8.78 Å². The van der Waals surface area contributed by atoms with E-state index in [9.17, 15) is 32.8 Å². The molecule has 0 radical (unpaired) electrons. The first-order valence-electron chi connectivity index (χ1n) is 22.4. The molecule has 11 rings (SSSR count). The molecule has 5 aromatic rings. The highest BCUT2D eigenvalue weighted by Crippen LogP contribution is 2.45. The zero-order valence-corrected chi connectivity index (χ0v) is 36.3. The lowest BCUT2D eigenvalue weighted by molar-refractivity contribution is -0.136. The number of alkyl halides is 2. The van der Waals surface area contributed by atoms with Crippen LogP contribution in [0.25, 0.3) is 22.0 Å². The fraction of sp³-hybridized carbons (Fsp3) is 0.438. The standard InChI is InChI=1S/C32H36F2N6O.C16H15N3O4/c1-20(41)38-14-11-29-27(19-38)32(36-40(29)22-8-4-3-5-9-22)39-13-6-7-21-15-23(24(31(33)34)16-30(21)39)26-18-37(2)28-10-12-35-17-25(26)28;1-18-6-8-4-10-11(5-9(8)7-18)16(23)19(15(10)22)12-2-3-13(20)17-14(12)21/h10,12,15-18,22,31H,3-9,11,13-14,19H2,1-2H3;4-5,12H,2-3,6-7H2,1H3,(H,17,20,21). The molecule has 5 amide bonds. The summed E-state index contributed by atoms with van der Waals surface area (Å²) < 4.78 is 33.8. The Hall–Kier alpha value is -6.29. The monoisotopic (exact) mass is 871 g/mol. The molecule has 16 heteroatoms. The van der Waals surface area contributed by atoms with Crippen molar-refractivity contribution >= 4 is 51.9 Å². The normalized spacial score (nSPS) is 20.0. The number of carbonyl (C=O) groups is 5. The lowest BCUT2D eigenvalue weighted by atomic mass is 9.91. The molecular formula is C48H51F2N9O5. The number of carbonyl (C=O) groups excluding carboxylic acids is 5. The number of aryl methyl sites for hydroxylation is 2. The number of fused-ring (bicyclic) bond motifs is 5. The number of nitrogens with one attached hydrogen (secondary N) is 1. The van der Waals surface area contributed by atoms with Gasteiger partial charge in [-0.1, -0.05) is 19.3 Å². The van der Waals surface area contributed by atoms with Crippen LogP contribution in [-0.4, -0.2) is 89.7 Å². The number of imide groups is 2. The average molecular weight is 872 g/mol. The van der Waals surface area contributed by atoms with Gasteiger partial charge in [-0.3, -0.25) is 48.8 Å². The predicted molar refractivity (Wildman–Crippen MR) is 234 cm³/mol. The lowest BCUT2D eigenvalue weighted by Gasteiger charge is -2.33. The Morgan fingerprint density at radius 1 is 0.812 bits per heavy atom. The summed E-state index contributed by atoms with van der Waals surface area (Å²) in [5, 5.41) is 8.30. The highest BCUT2D eigenvalue weighted by molar-refractivity contribution is 6.23. The molecule has 5 aliphatic heterocycles. The molecule has 6 aliphatic rings. The van der Waals surface area contributed by atoms with Crippen LogP contribution in [0.1, 0.15) is 125 Å². The minimum absolute atomic E-state index is 0.0259. The van der Waals surface area contributed by atoms with E-state index in [2.05, 4.69) is 24.8 Å². The van der Waals surface area contributed by atoms with Gasteiger partial charge in [0.1, 0.15) is 6.04 Å². The quantitative estimate of drug-likeness (QED) is 0.187. The van der Waals surface area contributed by atoms with Crippen LogP contribution in [0.5, 0.6) is 0 Å². The number of piperidine rings is 1. The zero-order chi connectivity index (χ0) is 44.6. The molecule has 1 atom stereocenters. The van der Waals surface area contributed by atoms with E-state index < -0.39 is 30.2 Å². The van der Waals surface area contributed by atoms with Crippen LogP contribution < -0.4 is 10.2 Å². The van der Waals surface area contributed by atoms with Crippen molar-refractivity contribution in [3.63, 3.8) is 0 Å². The second kappa shape index (κ2) is 16.4. The van der Waals surface area contributed by atoms with E-state index in [1.54, 1.807) is 37.5 Å². The second-order valence-electron chi connectivity index (χ2n) is 18.1. The summed E-state index contributed by atoms with van der Waals surface area (Å²) in [6.45, 7) is 5.01. The van der Waals surface area contributed by atoms with Crippen molar-refractivity contribution in [2.24, 2.45) is 7.05 Å². The second-order valence-corrected chi connectivity index (χ2v) is 18.1. The average Bonchev–Trinajstić information content (AvgIpc) is 4.02. The number of nitrogens with zero attached hydrogens (tertiary/aromatic N) is 8. The van der Waals surface area contributed by atoms with Crippen LogP contribution in [0.3, 0.4) is 0 Å². The summed E-state index contributed by atoms with van der Waals surface area (Å²) in [4.78, 5) is 72.3. The summed E-state index contributed by atoms with van der Waals surface area (Å²) in [6.07, 6.45) is 11.5. The van der Waals surface area contributed by atoms with E-state index in [1.165, 1.54) is 25.0 Å². The molecule has 2 aromatic carbocycles. The van der Waals surface area contributed by atoms with Gasteiger partial charge < -0.3 is 14.4 Å². The summed E-state index contributed by atoms with van der Waals surface area (Å²) in [5.41, 5.74) is 9.28. The molecule has 14 nitrogen and oxygen atoms in total. The van der Waals surface area contributed by atoms with Crippen LogP contribution in [-0.2, 0) is 53.9 Å². The summed E-state index contributed by atoms with van der Waals surface area (Å²) in [5.74, 6) is -0.957. The Labute approximate surface area is 369 Å². The number of benzene rings is 2. The van der Waals surface area contributed by atoms with Crippen LogP contribution >= 0.6 is 0 Å². The first-order valence-corrected chi connectivity index (χ1v) is 22.4. The third kappa shape index (κ3) is 7.15. The minimum atomic E-state index is -2.63. The van der Waals surface area contributed by atoms with Crippen molar-refractivity contribution < 1.29 is 32.8 Å². The van der Waals surface area contributed by atoms with Crippen LogP contribution in [0.15, 0.2) is 48.9 Å². The van der Waals surface area contributed by atoms with Crippen molar-refractivity contribution in [1.29, 1.82) is 0 Å². The van der Waals surface area contributed by atoms with Crippen LogP contribution in [0.4, 0.5) is 20.3 Å². The molecule has 2 fully saturated rings. The highest BCUT2D eigenvalue weighted by atomic mass is 19.3. The lowest BCUT2D eigenvalue weighted by Crippen LogP contribution is -2.54. The van der Waals surface area contributed by atoms with Crippen molar-refractivity contribution in [1.82, 2.24) is 39.3 Å². The van der Waals surface area contributed by atoms with E-state index in [-0.39, 0.29) is 30.2 Å². The van der Waals surface area contributed by atoms with Crippen molar-refractivity contribution in [3.8, 4) is 11.1 Å². The number of anilines is 2. The number of hydrogen-bond acceptors (Lipinski definition) is 9. The summed E-state index contributed by atoms with van der Waals surface area (Å²) >= 11 is 0. The SMILES string of the molecule is CC(=O)N1CCc2c(c(N3CCCc4cc(-c5cn(C)c6ccncc56)c(C(F)F)cc43)nn2C2CCCCC2)C1.CN1Cc2cc3c(cc2C1)C(=O)N(C1CCC(=O)NC1=O)C3=O. The van der Waals surface area contributed by atoms with E-state index >= 15 is 0 Å². The molecule has 1 saturated carbocycles. The third-order valence-corrected chi connectivity index (χ3v) is 14.0. The molecular weight excluding hydrogens is 821 g/mol. The molecule has 0 bridgehead atoms. The molecule has 0 spiro atoms. The third-order valence-electron chi connectivity index (χ3n) is 14.0. The topological polar surface area (TPSA) is 146 Å². The maximum Gasteiger partial charge on any atom is 0.264 e. The van der Waals surface area contributed by atoms with Crippen LogP contribution in [0, 0.1) is 0 Å². The Bertz CT molecular complexity index is 2730. The minimum Gasteiger partial charge on any atom is -0.350 e. The summed E-state index contributed by atoms with van der Waals surface area (Å²) in [7, 11) is 3.91. The van der Waals surface area contributed by atoms with Gasteiger partial charge in [-0.2, -0.15) is 5.10 Å². The molecule has 3 aromatic heterocycles. The van der Waals surface area contributed by atoms with E-state index in [4.69, 9.17) is 5.10 Å². The highest BCUT2D eigenvalue weighted by Gasteiger charge is 2.45. The van der Waals surface area contributed by atoms with E-state index in [1.807, 2.05) is 41.9 Å². The van der Waals surface area contributed by atoms with Crippen molar-refractivity contribution in [2.75, 3.05) is 25.0 Å². The molecule has 1 N–H and O–H groups in total. The Morgan fingerprint density at radius 3 is 2.22 bits per heavy atom. The number of hydrogen-bond donors (Lipinski definition) is 1. The number of amides is 5. The first-order chi connectivity index (χ1) is 30.9. The smallest absolute Gasteiger partial charge is 0.264 e. The number of pyridine rings is 1. The summed E-state index contributed by atoms with van der Waals surface area (Å²) in [6, 6.07) is 8.56. The van der Waals surface area contributed by atoms with Crippen molar-refractivity contribution in [3.05, 3.63) is 93.6 Å². The molecule has 1 aliphatic carbocycles.